The van der Waals surface area contributed by atoms with Crippen LogP contribution >= 0.6 is 11.8 Å². The SMILES string of the molecule is CC(Sc1cccc(NC(=O)CC(C)(C)C)c1)C(=O)Nc1ccc2c(c1)OCO2. The van der Waals surface area contributed by atoms with Gasteiger partial charge in [0.2, 0.25) is 18.6 Å². The van der Waals surface area contributed by atoms with Gasteiger partial charge in [-0.1, -0.05) is 26.8 Å². The number of carbonyl (C=O) groups is 2. The lowest BCUT2D eigenvalue weighted by Crippen LogP contribution is -2.22. The minimum absolute atomic E-state index is 0.0201. The summed E-state index contributed by atoms with van der Waals surface area (Å²) in [5.41, 5.74) is 1.32. The molecule has 0 aliphatic carbocycles. The highest BCUT2D eigenvalue weighted by molar-refractivity contribution is 8.00. The standard InChI is InChI=1S/C22H26N2O4S/c1-14(21(26)24-16-8-9-18-19(11-16)28-13-27-18)29-17-7-5-6-15(10-17)23-20(25)12-22(2,3)4/h5-11,14H,12-13H2,1-4H3,(H,23,25)(H,24,26). The van der Waals surface area contributed by atoms with E-state index in [-0.39, 0.29) is 29.3 Å². The second-order valence-electron chi connectivity index (χ2n) is 8.13. The Morgan fingerprint density at radius 2 is 1.76 bits per heavy atom. The molecular weight excluding hydrogens is 388 g/mol. The zero-order valence-electron chi connectivity index (χ0n) is 17.1. The van der Waals surface area contributed by atoms with Gasteiger partial charge in [-0.15, -0.1) is 11.8 Å². The quantitative estimate of drug-likeness (QED) is 0.657. The number of ether oxygens (including phenoxy) is 2. The smallest absolute Gasteiger partial charge is 0.237 e. The van der Waals surface area contributed by atoms with Crippen molar-refractivity contribution < 1.29 is 19.1 Å². The van der Waals surface area contributed by atoms with Crippen LogP contribution in [-0.2, 0) is 9.59 Å². The minimum atomic E-state index is -0.319. The van der Waals surface area contributed by atoms with Crippen molar-refractivity contribution in [3.05, 3.63) is 42.5 Å². The first-order chi connectivity index (χ1) is 13.7. The van der Waals surface area contributed by atoms with Gasteiger partial charge in [-0.05, 0) is 42.7 Å². The Balaban J connectivity index is 1.57. The average Bonchev–Trinajstić information content (AvgIpc) is 3.08. The van der Waals surface area contributed by atoms with Crippen molar-refractivity contribution in [2.75, 3.05) is 17.4 Å². The van der Waals surface area contributed by atoms with Crippen LogP contribution in [0.2, 0.25) is 0 Å². The van der Waals surface area contributed by atoms with Crippen LogP contribution in [0.4, 0.5) is 11.4 Å². The number of thioether (sulfide) groups is 1. The molecule has 7 heteroatoms. The number of hydrogen-bond acceptors (Lipinski definition) is 5. The van der Waals surface area contributed by atoms with E-state index in [1.165, 1.54) is 11.8 Å². The molecule has 0 saturated heterocycles. The zero-order chi connectivity index (χ0) is 21.0. The van der Waals surface area contributed by atoms with Crippen molar-refractivity contribution in [1.82, 2.24) is 0 Å². The third-order valence-electron chi connectivity index (χ3n) is 4.13. The fourth-order valence-corrected chi connectivity index (χ4v) is 3.74. The van der Waals surface area contributed by atoms with Crippen molar-refractivity contribution in [2.45, 2.75) is 44.3 Å². The maximum absolute atomic E-state index is 12.6. The van der Waals surface area contributed by atoms with Gasteiger partial charge in [0.1, 0.15) is 0 Å². The first-order valence-corrected chi connectivity index (χ1v) is 10.3. The van der Waals surface area contributed by atoms with E-state index >= 15 is 0 Å². The first-order valence-electron chi connectivity index (χ1n) is 9.47. The van der Waals surface area contributed by atoms with E-state index < -0.39 is 0 Å². The Morgan fingerprint density at radius 1 is 1.03 bits per heavy atom. The second-order valence-corrected chi connectivity index (χ2v) is 9.55. The maximum Gasteiger partial charge on any atom is 0.237 e. The molecule has 0 saturated carbocycles. The topological polar surface area (TPSA) is 76.7 Å². The lowest BCUT2D eigenvalue weighted by atomic mass is 9.92. The van der Waals surface area contributed by atoms with Crippen molar-refractivity contribution in [3.8, 4) is 11.5 Å². The summed E-state index contributed by atoms with van der Waals surface area (Å²) in [7, 11) is 0. The fraction of sp³-hybridized carbons (Fsp3) is 0.364. The number of benzene rings is 2. The molecule has 0 fully saturated rings. The normalized spacial score (nSPS) is 13.7. The zero-order valence-corrected chi connectivity index (χ0v) is 17.9. The van der Waals surface area contributed by atoms with Crippen LogP contribution in [0.1, 0.15) is 34.1 Å². The van der Waals surface area contributed by atoms with Gasteiger partial charge in [0.25, 0.3) is 0 Å². The largest absolute Gasteiger partial charge is 0.454 e. The van der Waals surface area contributed by atoms with E-state index in [1.54, 1.807) is 18.2 Å². The monoisotopic (exact) mass is 414 g/mol. The number of rotatable bonds is 6. The van der Waals surface area contributed by atoms with Crippen molar-refractivity contribution in [2.24, 2.45) is 5.41 Å². The Morgan fingerprint density at radius 3 is 2.52 bits per heavy atom. The summed E-state index contributed by atoms with van der Waals surface area (Å²) in [5.74, 6) is 1.17. The van der Waals surface area contributed by atoms with Crippen LogP contribution in [0.3, 0.4) is 0 Å². The molecule has 0 spiro atoms. The molecule has 3 rings (SSSR count). The molecule has 0 bridgehead atoms. The van der Waals surface area contributed by atoms with Gasteiger partial charge in [-0.25, -0.2) is 0 Å². The van der Waals surface area contributed by atoms with Gasteiger partial charge in [0, 0.05) is 28.8 Å². The molecule has 0 radical (unpaired) electrons. The molecule has 2 aromatic rings. The maximum atomic E-state index is 12.6. The molecule has 1 aliphatic heterocycles. The van der Waals surface area contributed by atoms with Gasteiger partial charge in [0.05, 0.1) is 5.25 Å². The molecular formula is C22H26N2O4S. The molecule has 0 aromatic heterocycles. The van der Waals surface area contributed by atoms with Crippen LogP contribution in [0.15, 0.2) is 47.4 Å². The Hall–Kier alpha value is -2.67. The third kappa shape index (κ3) is 6.15. The molecule has 154 valence electrons. The lowest BCUT2D eigenvalue weighted by Gasteiger charge is -2.17. The number of carbonyl (C=O) groups excluding carboxylic acids is 2. The third-order valence-corrected chi connectivity index (χ3v) is 5.22. The summed E-state index contributed by atoms with van der Waals surface area (Å²) >= 11 is 1.43. The van der Waals surface area contributed by atoms with Crippen molar-refractivity contribution in [1.29, 1.82) is 0 Å². The highest BCUT2D eigenvalue weighted by Gasteiger charge is 2.19. The summed E-state index contributed by atoms with van der Waals surface area (Å²) in [6.07, 6.45) is 0.443. The predicted molar refractivity (Wildman–Crippen MR) is 116 cm³/mol. The van der Waals surface area contributed by atoms with E-state index in [2.05, 4.69) is 10.6 Å². The molecule has 6 nitrogen and oxygen atoms in total. The van der Waals surface area contributed by atoms with Crippen molar-refractivity contribution >= 4 is 35.0 Å². The Bertz CT molecular complexity index is 908. The molecule has 1 aliphatic rings. The van der Waals surface area contributed by atoms with Crippen LogP contribution in [-0.4, -0.2) is 23.9 Å². The molecule has 2 aromatic carbocycles. The average molecular weight is 415 g/mol. The van der Waals surface area contributed by atoms with Gasteiger partial charge in [-0.3, -0.25) is 9.59 Å². The highest BCUT2D eigenvalue weighted by atomic mass is 32.2. The Labute approximate surface area is 175 Å². The van der Waals surface area contributed by atoms with E-state index in [0.717, 1.165) is 10.6 Å². The lowest BCUT2D eigenvalue weighted by molar-refractivity contribution is -0.118. The van der Waals surface area contributed by atoms with Crippen molar-refractivity contribution in [3.63, 3.8) is 0 Å². The molecule has 29 heavy (non-hydrogen) atoms. The minimum Gasteiger partial charge on any atom is -0.454 e. The van der Waals surface area contributed by atoms with Crippen LogP contribution in [0.5, 0.6) is 11.5 Å². The summed E-state index contributed by atoms with van der Waals surface area (Å²) in [6, 6.07) is 12.8. The fourth-order valence-electron chi connectivity index (χ4n) is 2.81. The van der Waals surface area contributed by atoms with Gasteiger partial charge < -0.3 is 20.1 Å². The highest BCUT2D eigenvalue weighted by Crippen LogP contribution is 2.34. The summed E-state index contributed by atoms with van der Waals surface area (Å²) in [6.45, 7) is 8.12. The molecule has 1 heterocycles. The van der Waals surface area contributed by atoms with E-state index in [9.17, 15) is 9.59 Å². The Kier molecular flexibility index (Phi) is 6.37. The van der Waals surface area contributed by atoms with E-state index in [1.807, 2.05) is 52.0 Å². The molecule has 1 atom stereocenters. The van der Waals surface area contributed by atoms with Gasteiger partial charge in [0.15, 0.2) is 11.5 Å². The summed E-state index contributed by atoms with van der Waals surface area (Å²) in [4.78, 5) is 25.6. The van der Waals surface area contributed by atoms with Gasteiger partial charge in [-0.2, -0.15) is 0 Å². The molecule has 1 unspecified atom stereocenters. The van der Waals surface area contributed by atoms with Crippen LogP contribution < -0.4 is 20.1 Å². The summed E-state index contributed by atoms with van der Waals surface area (Å²) < 4.78 is 10.6. The number of hydrogen-bond donors (Lipinski definition) is 2. The van der Waals surface area contributed by atoms with Crippen LogP contribution in [0, 0.1) is 5.41 Å². The number of amides is 2. The number of anilines is 2. The van der Waals surface area contributed by atoms with E-state index in [4.69, 9.17) is 9.47 Å². The predicted octanol–water partition coefficient (Wildman–Crippen LogP) is 4.91. The molecule has 2 N–H and O–H groups in total. The second kappa shape index (κ2) is 8.78. The number of nitrogens with one attached hydrogen (secondary N) is 2. The van der Waals surface area contributed by atoms with E-state index in [0.29, 0.717) is 23.6 Å². The first kappa shape index (κ1) is 21.0. The summed E-state index contributed by atoms with van der Waals surface area (Å²) in [5, 5.41) is 5.51. The van der Waals surface area contributed by atoms with Gasteiger partial charge >= 0.3 is 0 Å². The molecule has 2 amide bonds. The number of fused-ring (bicyclic) bond motifs is 1. The van der Waals surface area contributed by atoms with Crippen LogP contribution in [0.25, 0.3) is 0 Å².